The molecule has 1 atom stereocenters. The van der Waals surface area contributed by atoms with Gasteiger partial charge < -0.3 is 20.3 Å². The second kappa shape index (κ2) is 13.5. The molecule has 7 heterocycles. The van der Waals surface area contributed by atoms with Gasteiger partial charge in [0.2, 0.25) is 11.8 Å². The number of nitrogens with two attached hydrogens (primary N) is 1. The molecule has 0 radical (unpaired) electrons. The number of aromatic nitrogens is 4. The number of imide groups is 1. The third kappa shape index (κ3) is 6.05. The summed E-state index contributed by atoms with van der Waals surface area (Å²) in [5.41, 5.74) is 11.6. The molecule has 5 aliphatic rings. The average molecular weight is 739 g/mol. The Balaban J connectivity index is 0.732. The SMILES string of the molecule is Nc1ncnc2c1c(-c1ccc(Oc3ccccc3)cc1)nn2C1CCN(C2CN(C3CN(c4ccc5c(c4)CN(C4CCC(=O)NC4=O)C5=O)C3)C2)CC1. The Kier molecular flexibility index (Phi) is 8.25. The molecule has 14 heteroatoms. The van der Waals surface area contributed by atoms with Crippen LogP contribution < -0.4 is 20.7 Å². The standard InChI is InChI=1S/C41H42N10O4/c42-38-36-37(25-6-9-32(10-7-25)55-31-4-2-1-3-5-31)46-51(39(36)44-24-43-38)27-14-16-47(17-15-27)29-20-49(21-29)30-22-48(23-30)28-8-11-33-26(18-28)19-50(41(33)54)34-12-13-35(52)45-40(34)53/h1-11,18,24,27,29-30,34H,12-17,19-23H2,(H2,42,43,44)(H,45,52,53). The summed E-state index contributed by atoms with van der Waals surface area (Å²) in [6, 6.07) is 24.4. The highest BCUT2D eigenvalue weighted by atomic mass is 16.5. The highest BCUT2D eigenvalue weighted by Gasteiger charge is 2.43. The summed E-state index contributed by atoms with van der Waals surface area (Å²) in [6.45, 7) is 6.48. The predicted molar refractivity (Wildman–Crippen MR) is 205 cm³/mol. The number of para-hydroxylation sites is 1. The fraction of sp³-hybridized carbons (Fsp3) is 0.366. The van der Waals surface area contributed by atoms with Crippen LogP contribution in [0.3, 0.4) is 0 Å². The van der Waals surface area contributed by atoms with E-state index in [-0.39, 0.29) is 30.2 Å². The zero-order valence-corrected chi connectivity index (χ0v) is 30.4. The lowest BCUT2D eigenvalue weighted by Gasteiger charge is -2.55. The second-order valence-corrected chi connectivity index (χ2v) is 15.4. The lowest BCUT2D eigenvalue weighted by Crippen LogP contribution is -2.70. The quantitative estimate of drug-likeness (QED) is 0.223. The van der Waals surface area contributed by atoms with Gasteiger partial charge in [-0.2, -0.15) is 5.10 Å². The van der Waals surface area contributed by atoms with Crippen molar-refractivity contribution >= 4 is 40.3 Å². The van der Waals surface area contributed by atoms with Crippen LogP contribution in [0.15, 0.2) is 79.1 Å². The fourth-order valence-electron chi connectivity index (χ4n) is 8.92. The molecule has 5 aromatic rings. The number of nitrogens with zero attached hydrogens (tertiary/aromatic N) is 8. The minimum absolute atomic E-state index is 0.133. The topological polar surface area (TPSA) is 155 Å². The number of piperidine rings is 2. The van der Waals surface area contributed by atoms with Gasteiger partial charge in [-0.25, -0.2) is 14.6 Å². The Morgan fingerprint density at radius 2 is 1.53 bits per heavy atom. The molecule has 4 fully saturated rings. The average Bonchev–Trinajstić information content (AvgIpc) is 3.71. The number of rotatable bonds is 8. The molecule has 2 aromatic heterocycles. The number of likely N-dealkylation sites (tertiary alicyclic amines) is 2. The van der Waals surface area contributed by atoms with Gasteiger partial charge in [0.1, 0.15) is 35.4 Å². The summed E-state index contributed by atoms with van der Waals surface area (Å²) in [5.74, 6) is 1.18. The van der Waals surface area contributed by atoms with Crippen LogP contribution in [-0.4, -0.2) is 110 Å². The van der Waals surface area contributed by atoms with E-state index in [1.165, 1.54) is 6.33 Å². The maximum absolute atomic E-state index is 13.1. The van der Waals surface area contributed by atoms with Gasteiger partial charge in [-0.3, -0.25) is 29.5 Å². The molecule has 4 saturated heterocycles. The predicted octanol–water partition coefficient (Wildman–Crippen LogP) is 3.84. The Morgan fingerprint density at radius 1 is 0.782 bits per heavy atom. The maximum atomic E-state index is 13.1. The Bertz CT molecular complexity index is 2290. The molecule has 55 heavy (non-hydrogen) atoms. The van der Waals surface area contributed by atoms with Gasteiger partial charge in [0.15, 0.2) is 5.65 Å². The van der Waals surface area contributed by atoms with Crippen LogP contribution in [0.5, 0.6) is 11.5 Å². The molecule has 3 amide bonds. The largest absolute Gasteiger partial charge is 0.457 e. The van der Waals surface area contributed by atoms with Crippen LogP contribution in [0, 0.1) is 0 Å². The van der Waals surface area contributed by atoms with E-state index in [0.717, 1.165) is 97.2 Å². The van der Waals surface area contributed by atoms with Crippen molar-refractivity contribution in [3.8, 4) is 22.8 Å². The Hall–Kier alpha value is -5.86. The van der Waals surface area contributed by atoms with E-state index in [4.69, 9.17) is 15.6 Å². The van der Waals surface area contributed by atoms with Crippen LogP contribution in [0.2, 0.25) is 0 Å². The molecule has 3 aromatic carbocycles. The second-order valence-electron chi connectivity index (χ2n) is 15.4. The molecule has 3 N–H and O–H groups in total. The van der Waals surface area contributed by atoms with E-state index < -0.39 is 6.04 Å². The van der Waals surface area contributed by atoms with E-state index in [9.17, 15) is 14.4 Å². The molecule has 0 bridgehead atoms. The van der Waals surface area contributed by atoms with E-state index in [1.54, 1.807) is 4.90 Å². The fourth-order valence-corrected chi connectivity index (χ4v) is 8.92. The molecule has 1 unspecified atom stereocenters. The first kappa shape index (κ1) is 33.7. The number of carbonyl (C=O) groups excluding carboxylic acids is 3. The normalized spacial score (nSPS) is 21.5. The maximum Gasteiger partial charge on any atom is 0.255 e. The van der Waals surface area contributed by atoms with Crippen molar-refractivity contribution in [3.05, 3.63) is 90.3 Å². The molecule has 280 valence electrons. The lowest BCUT2D eigenvalue weighted by molar-refractivity contribution is -0.136. The highest BCUT2D eigenvalue weighted by Crippen LogP contribution is 2.37. The van der Waals surface area contributed by atoms with Crippen molar-refractivity contribution in [2.75, 3.05) is 49.9 Å². The van der Waals surface area contributed by atoms with E-state index in [0.29, 0.717) is 36.4 Å². The molecular formula is C41H42N10O4. The number of hydrogen-bond donors (Lipinski definition) is 2. The zero-order chi connectivity index (χ0) is 37.2. The third-order valence-corrected chi connectivity index (χ3v) is 12.1. The minimum atomic E-state index is -0.595. The van der Waals surface area contributed by atoms with Crippen molar-refractivity contribution in [2.24, 2.45) is 0 Å². The van der Waals surface area contributed by atoms with E-state index in [1.807, 2.05) is 66.7 Å². The van der Waals surface area contributed by atoms with Crippen LogP contribution in [0.25, 0.3) is 22.3 Å². The summed E-state index contributed by atoms with van der Waals surface area (Å²) < 4.78 is 8.08. The minimum Gasteiger partial charge on any atom is -0.457 e. The van der Waals surface area contributed by atoms with Gasteiger partial charge in [0.05, 0.1) is 11.4 Å². The van der Waals surface area contributed by atoms with Gasteiger partial charge in [-0.15, -0.1) is 0 Å². The zero-order valence-electron chi connectivity index (χ0n) is 30.4. The molecular weight excluding hydrogens is 697 g/mol. The van der Waals surface area contributed by atoms with E-state index in [2.05, 4.69) is 40.7 Å². The van der Waals surface area contributed by atoms with Crippen LogP contribution in [0.1, 0.15) is 47.6 Å². The van der Waals surface area contributed by atoms with Crippen molar-refractivity contribution < 1.29 is 19.1 Å². The number of anilines is 2. The third-order valence-electron chi connectivity index (χ3n) is 12.1. The van der Waals surface area contributed by atoms with Gasteiger partial charge in [0.25, 0.3) is 5.91 Å². The first-order chi connectivity index (χ1) is 26.9. The molecule has 10 rings (SSSR count). The van der Waals surface area contributed by atoms with Gasteiger partial charge in [-0.05, 0) is 79.4 Å². The van der Waals surface area contributed by atoms with Gasteiger partial charge >= 0.3 is 0 Å². The molecule has 14 nitrogen and oxygen atoms in total. The van der Waals surface area contributed by atoms with Gasteiger partial charge in [-0.1, -0.05) is 18.2 Å². The number of ether oxygens (including phenoxy) is 1. The Morgan fingerprint density at radius 3 is 2.29 bits per heavy atom. The molecule has 0 saturated carbocycles. The number of nitrogens with one attached hydrogen (secondary N) is 1. The summed E-state index contributed by atoms with van der Waals surface area (Å²) in [5, 5.41) is 8.28. The lowest BCUT2D eigenvalue weighted by atomic mass is 9.95. The van der Waals surface area contributed by atoms with Crippen molar-refractivity contribution in [1.29, 1.82) is 0 Å². The summed E-state index contributed by atoms with van der Waals surface area (Å²) in [4.78, 5) is 55.4. The van der Waals surface area contributed by atoms with Crippen LogP contribution in [0.4, 0.5) is 11.5 Å². The van der Waals surface area contributed by atoms with Gasteiger partial charge in [0, 0.05) is 81.1 Å². The number of benzene rings is 3. The van der Waals surface area contributed by atoms with Crippen molar-refractivity contribution in [1.82, 2.24) is 39.8 Å². The number of nitrogen functional groups attached to an aromatic ring is 1. The molecule has 0 spiro atoms. The molecule has 0 aliphatic carbocycles. The van der Waals surface area contributed by atoms with Crippen molar-refractivity contribution in [3.63, 3.8) is 0 Å². The number of fused-ring (bicyclic) bond motifs is 2. The smallest absolute Gasteiger partial charge is 0.255 e. The summed E-state index contributed by atoms with van der Waals surface area (Å²) >= 11 is 0. The van der Waals surface area contributed by atoms with Crippen molar-refractivity contribution in [2.45, 2.75) is 56.4 Å². The molecule has 5 aliphatic heterocycles. The number of hydrogen-bond acceptors (Lipinski definition) is 11. The number of amides is 3. The van der Waals surface area contributed by atoms with Crippen LogP contribution in [-0.2, 0) is 16.1 Å². The Labute approximate surface area is 317 Å². The first-order valence-corrected chi connectivity index (χ1v) is 19.2. The monoisotopic (exact) mass is 738 g/mol. The van der Waals surface area contributed by atoms with Crippen LogP contribution >= 0.6 is 0 Å². The first-order valence-electron chi connectivity index (χ1n) is 19.2. The highest BCUT2D eigenvalue weighted by molar-refractivity contribution is 6.05. The number of carbonyl (C=O) groups is 3. The van der Waals surface area contributed by atoms with E-state index >= 15 is 0 Å². The summed E-state index contributed by atoms with van der Waals surface area (Å²) in [7, 11) is 0. The summed E-state index contributed by atoms with van der Waals surface area (Å²) in [6.07, 6.45) is 4.12.